The Kier molecular flexibility index (Phi) is 4.08. The van der Waals surface area contributed by atoms with E-state index in [2.05, 4.69) is 10.6 Å². The number of nitrogens with one attached hydrogen (secondary N) is 2. The van der Waals surface area contributed by atoms with E-state index in [4.69, 9.17) is 11.5 Å². The van der Waals surface area contributed by atoms with E-state index in [0.717, 1.165) is 0 Å². The summed E-state index contributed by atoms with van der Waals surface area (Å²) in [5.41, 5.74) is 13.7. The zero-order chi connectivity index (χ0) is 15.4. The molecule has 0 aliphatic rings. The monoisotopic (exact) mass is 284 g/mol. The highest BCUT2D eigenvalue weighted by molar-refractivity contribution is 6.08. The van der Waals surface area contributed by atoms with Crippen molar-refractivity contribution in [3.63, 3.8) is 0 Å². The SMILES string of the molecule is CC(=O)Nc1cccc(NC(=O)c2ccc(N)cc2N)c1. The van der Waals surface area contributed by atoms with E-state index in [0.29, 0.717) is 28.3 Å². The van der Waals surface area contributed by atoms with Crippen LogP contribution in [0.3, 0.4) is 0 Å². The van der Waals surface area contributed by atoms with Gasteiger partial charge >= 0.3 is 0 Å². The van der Waals surface area contributed by atoms with E-state index in [9.17, 15) is 9.59 Å². The van der Waals surface area contributed by atoms with Gasteiger partial charge in [-0.3, -0.25) is 9.59 Å². The summed E-state index contributed by atoms with van der Waals surface area (Å²) < 4.78 is 0. The highest BCUT2D eigenvalue weighted by Gasteiger charge is 2.10. The molecule has 0 aromatic heterocycles. The maximum absolute atomic E-state index is 12.2. The predicted molar refractivity (Wildman–Crippen MR) is 84.0 cm³/mol. The molecular weight excluding hydrogens is 268 g/mol. The number of carbonyl (C=O) groups is 2. The van der Waals surface area contributed by atoms with Gasteiger partial charge in [0.15, 0.2) is 0 Å². The Hall–Kier alpha value is -3.02. The van der Waals surface area contributed by atoms with Crippen LogP contribution in [0.15, 0.2) is 42.5 Å². The fraction of sp³-hybridized carbons (Fsp3) is 0.0667. The Balaban J connectivity index is 2.17. The van der Waals surface area contributed by atoms with E-state index < -0.39 is 0 Å². The standard InChI is InChI=1S/C15H16N4O2/c1-9(20)18-11-3-2-4-12(8-11)19-15(21)13-6-5-10(16)7-14(13)17/h2-8H,16-17H2,1H3,(H,18,20)(H,19,21). The van der Waals surface area contributed by atoms with Crippen molar-refractivity contribution in [1.82, 2.24) is 0 Å². The first kappa shape index (κ1) is 14.4. The molecule has 6 nitrogen and oxygen atoms in total. The number of hydrogen-bond donors (Lipinski definition) is 4. The summed E-state index contributed by atoms with van der Waals surface area (Å²) in [5, 5.41) is 5.37. The van der Waals surface area contributed by atoms with Gasteiger partial charge in [-0.2, -0.15) is 0 Å². The first-order valence-corrected chi connectivity index (χ1v) is 6.29. The van der Waals surface area contributed by atoms with Gasteiger partial charge in [0.05, 0.1) is 5.56 Å². The fourth-order valence-electron chi connectivity index (χ4n) is 1.86. The van der Waals surface area contributed by atoms with E-state index >= 15 is 0 Å². The van der Waals surface area contributed by atoms with Crippen molar-refractivity contribution in [1.29, 1.82) is 0 Å². The third-order valence-corrected chi connectivity index (χ3v) is 2.76. The number of carbonyl (C=O) groups excluding carboxylic acids is 2. The maximum Gasteiger partial charge on any atom is 0.257 e. The van der Waals surface area contributed by atoms with Crippen LogP contribution in [0, 0.1) is 0 Å². The zero-order valence-electron chi connectivity index (χ0n) is 11.5. The molecular formula is C15H16N4O2. The second kappa shape index (κ2) is 5.96. The summed E-state index contributed by atoms with van der Waals surface area (Å²) in [6, 6.07) is 11.5. The van der Waals surface area contributed by atoms with Gasteiger partial charge in [0, 0.05) is 29.7 Å². The number of benzene rings is 2. The van der Waals surface area contributed by atoms with Gasteiger partial charge < -0.3 is 22.1 Å². The van der Waals surface area contributed by atoms with Gasteiger partial charge in [-0.05, 0) is 36.4 Å². The molecule has 21 heavy (non-hydrogen) atoms. The minimum Gasteiger partial charge on any atom is -0.399 e. The van der Waals surface area contributed by atoms with Gasteiger partial charge in [-0.15, -0.1) is 0 Å². The number of nitrogens with two attached hydrogens (primary N) is 2. The Labute approximate surface area is 122 Å². The van der Waals surface area contributed by atoms with E-state index in [1.165, 1.54) is 13.0 Å². The van der Waals surface area contributed by atoms with E-state index in [1.807, 2.05) is 0 Å². The lowest BCUT2D eigenvalue weighted by Crippen LogP contribution is -2.14. The van der Waals surface area contributed by atoms with Crippen LogP contribution in [-0.4, -0.2) is 11.8 Å². The minimum absolute atomic E-state index is 0.179. The van der Waals surface area contributed by atoms with Gasteiger partial charge in [0.1, 0.15) is 0 Å². The summed E-state index contributed by atoms with van der Waals surface area (Å²) in [4.78, 5) is 23.2. The third kappa shape index (κ3) is 3.73. The molecule has 0 radical (unpaired) electrons. The second-order valence-corrected chi connectivity index (χ2v) is 4.56. The van der Waals surface area contributed by atoms with Crippen molar-refractivity contribution in [3.8, 4) is 0 Å². The molecule has 0 spiro atoms. The first-order valence-electron chi connectivity index (χ1n) is 6.29. The van der Waals surface area contributed by atoms with Crippen LogP contribution in [0.5, 0.6) is 0 Å². The molecule has 0 aliphatic heterocycles. The molecule has 0 saturated carbocycles. The molecule has 2 aromatic carbocycles. The smallest absolute Gasteiger partial charge is 0.257 e. The molecule has 2 amide bonds. The van der Waals surface area contributed by atoms with Crippen molar-refractivity contribution in [2.45, 2.75) is 6.92 Å². The lowest BCUT2D eigenvalue weighted by Gasteiger charge is -2.09. The third-order valence-electron chi connectivity index (χ3n) is 2.76. The largest absolute Gasteiger partial charge is 0.399 e. The summed E-state index contributed by atoms with van der Waals surface area (Å²) in [6.45, 7) is 1.42. The summed E-state index contributed by atoms with van der Waals surface area (Å²) >= 11 is 0. The van der Waals surface area contributed by atoms with Crippen LogP contribution >= 0.6 is 0 Å². The average Bonchev–Trinajstić information content (AvgIpc) is 2.37. The lowest BCUT2D eigenvalue weighted by atomic mass is 10.1. The van der Waals surface area contributed by atoms with Crippen molar-refractivity contribution < 1.29 is 9.59 Å². The quantitative estimate of drug-likeness (QED) is 0.646. The molecule has 0 unspecified atom stereocenters. The molecule has 2 aromatic rings. The molecule has 2 rings (SSSR count). The summed E-state index contributed by atoms with van der Waals surface area (Å²) in [7, 11) is 0. The Morgan fingerprint density at radius 1 is 0.952 bits per heavy atom. The fourth-order valence-corrected chi connectivity index (χ4v) is 1.86. The zero-order valence-corrected chi connectivity index (χ0v) is 11.5. The molecule has 0 bridgehead atoms. The van der Waals surface area contributed by atoms with Crippen molar-refractivity contribution in [3.05, 3.63) is 48.0 Å². The second-order valence-electron chi connectivity index (χ2n) is 4.56. The average molecular weight is 284 g/mol. The summed E-state index contributed by atoms with van der Waals surface area (Å²) in [6.07, 6.45) is 0. The van der Waals surface area contributed by atoms with Crippen LogP contribution < -0.4 is 22.1 Å². The van der Waals surface area contributed by atoms with Crippen molar-refractivity contribution in [2.75, 3.05) is 22.1 Å². The Bertz CT molecular complexity index is 698. The van der Waals surface area contributed by atoms with Gasteiger partial charge in [0.25, 0.3) is 5.91 Å². The van der Waals surface area contributed by atoms with Gasteiger partial charge in [-0.25, -0.2) is 0 Å². The topological polar surface area (TPSA) is 110 Å². The van der Waals surface area contributed by atoms with Crippen molar-refractivity contribution >= 4 is 34.6 Å². The van der Waals surface area contributed by atoms with Crippen LogP contribution in [0.4, 0.5) is 22.7 Å². The maximum atomic E-state index is 12.2. The molecule has 0 saturated heterocycles. The molecule has 0 heterocycles. The first-order chi connectivity index (χ1) is 9.95. The minimum atomic E-state index is -0.340. The number of hydrogen-bond acceptors (Lipinski definition) is 4. The normalized spacial score (nSPS) is 9.95. The van der Waals surface area contributed by atoms with Crippen molar-refractivity contribution in [2.24, 2.45) is 0 Å². The number of amides is 2. The molecule has 6 heteroatoms. The number of rotatable bonds is 3. The lowest BCUT2D eigenvalue weighted by molar-refractivity contribution is -0.114. The molecule has 0 atom stereocenters. The van der Waals surface area contributed by atoms with Gasteiger partial charge in [0.2, 0.25) is 5.91 Å². The van der Waals surface area contributed by atoms with Crippen LogP contribution in [-0.2, 0) is 4.79 Å². The van der Waals surface area contributed by atoms with E-state index in [1.54, 1.807) is 36.4 Å². The highest BCUT2D eigenvalue weighted by Crippen LogP contribution is 2.19. The van der Waals surface area contributed by atoms with Crippen LogP contribution in [0.25, 0.3) is 0 Å². The van der Waals surface area contributed by atoms with Gasteiger partial charge in [-0.1, -0.05) is 6.07 Å². The number of anilines is 4. The predicted octanol–water partition coefficient (Wildman–Crippen LogP) is 2.06. The van der Waals surface area contributed by atoms with Crippen LogP contribution in [0.1, 0.15) is 17.3 Å². The molecule has 0 aliphatic carbocycles. The highest BCUT2D eigenvalue weighted by atomic mass is 16.2. The molecule has 6 N–H and O–H groups in total. The Morgan fingerprint density at radius 3 is 2.24 bits per heavy atom. The van der Waals surface area contributed by atoms with E-state index in [-0.39, 0.29) is 11.8 Å². The molecule has 108 valence electrons. The van der Waals surface area contributed by atoms with Crippen LogP contribution in [0.2, 0.25) is 0 Å². The number of nitrogen functional groups attached to an aromatic ring is 2. The summed E-state index contributed by atoms with van der Waals surface area (Å²) in [5.74, 6) is -0.520. The molecule has 0 fully saturated rings. The Morgan fingerprint density at radius 2 is 1.62 bits per heavy atom.